The van der Waals surface area contributed by atoms with Crippen molar-refractivity contribution in [1.29, 1.82) is 0 Å². The van der Waals surface area contributed by atoms with Crippen molar-refractivity contribution >= 4 is 5.82 Å². The Morgan fingerprint density at radius 2 is 1.95 bits per heavy atom. The lowest BCUT2D eigenvalue weighted by Gasteiger charge is -2.24. The van der Waals surface area contributed by atoms with E-state index in [2.05, 4.69) is 44.1 Å². The molecule has 1 fully saturated rings. The van der Waals surface area contributed by atoms with Crippen LogP contribution in [0.4, 0.5) is 5.82 Å². The molecule has 19 heavy (non-hydrogen) atoms. The zero-order valence-electron chi connectivity index (χ0n) is 12.5. The Morgan fingerprint density at radius 3 is 2.53 bits per heavy atom. The number of hydrogen-bond acceptors (Lipinski definition) is 4. The molecule has 1 aromatic heterocycles. The standard InChI is InChI=1S/C15H25N3O/c1-5-16-13-10-12(15(2,3)4)17-14(18-13)11-6-8-19-9-7-11/h10-11H,5-9H2,1-4H3,(H,16,17,18). The third-order valence-corrected chi connectivity index (χ3v) is 3.46. The van der Waals surface area contributed by atoms with Gasteiger partial charge in [0, 0.05) is 37.2 Å². The first kappa shape index (κ1) is 14.3. The number of nitrogens with one attached hydrogen (secondary N) is 1. The molecule has 2 heterocycles. The Labute approximate surface area is 116 Å². The van der Waals surface area contributed by atoms with Crippen LogP contribution in [0.15, 0.2) is 6.07 Å². The summed E-state index contributed by atoms with van der Waals surface area (Å²) in [4.78, 5) is 9.49. The van der Waals surface area contributed by atoms with Gasteiger partial charge in [-0.2, -0.15) is 0 Å². The van der Waals surface area contributed by atoms with Gasteiger partial charge in [0.25, 0.3) is 0 Å². The number of hydrogen-bond donors (Lipinski definition) is 1. The van der Waals surface area contributed by atoms with Crippen LogP contribution >= 0.6 is 0 Å². The third kappa shape index (κ3) is 3.66. The van der Waals surface area contributed by atoms with E-state index in [4.69, 9.17) is 9.72 Å². The second kappa shape index (κ2) is 5.87. The van der Waals surface area contributed by atoms with Gasteiger partial charge < -0.3 is 10.1 Å². The second-order valence-corrected chi connectivity index (χ2v) is 6.16. The zero-order chi connectivity index (χ0) is 13.9. The van der Waals surface area contributed by atoms with E-state index in [1.165, 1.54) is 0 Å². The largest absolute Gasteiger partial charge is 0.381 e. The molecule has 4 nitrogen and oxygen atoms in total. The summed E-state index contributed by atoms with van der Waals surface area (Å²) in [5.41, 5.74) is 1.16. The van der Waals surface area contributed by atoms with E-state index in [0.29, 0.717) is 5.92 Å². The molecule has 1 aliphatic rings. The lowest BCUT2D eigenvalue weighted by Crippen LogP contribution is -2.21. The summed E-state index contributed by atoms with van der Waals surface area (Å²) in [6, 6.07) is 2.08. The van der Waals surface area contributed by atoms with Gasteiger partial charge in [0.2, 0.25) is 0 Å². The minimum Gasteiger partial charge on any atom is -0.381 e. The van der Waals surface area contributed by atoms with Crippen LogP contribution in [0.25, 0.3) is 0 Å². The number of anilines is 1. The molecule has 0 aliphatic carbocycles. The Hall–Kier alpha value is -1.16. The van der Waals surface area contributed by atoms with Gasteiger partial charge in [-0.05, 0) is 19.8 Å². The lowest BCUT2D eigenvalue weighted by atomic mass is 9.91. The first-order valence-electron chi connectivity index (χ1n) is 7.21. The van der Waals surface area contributed by atoms with E-state index in [9.17, 15) is 0 Å². The molecule has 4 heteroatoms. The smallest absolute Gasteiger partial charge is 0.134 e. The van der Waals surface area contributed by atoms with Crippen LogP contribution in [0.1, 0.15) is 58.0 Å². The van der Waals surface area contributed by atoms with E-state index in [1.54, 1.807) is 0 Å². The summed E-state index contributed by atoms with van der Waals surface area (Å²) in [7, 11) is 0. The predicted octanol–water partition coefficient (Wildman–Crippen LogP) is 3.10. The summed E-state index contributed by atoms with van der Waals surface area (Å²) in [5, 5.41) is 3.32. The number of rotatable bonds is 3. The zero-order valence-corrected chi connectivity index (χ0v) is 12.5. The molecule has 1 N–H and O–H groups in total. The Kier molecular flexibility index (Phi) is 4.40. The number of nitrogens with zero attached hydrogens (tertiary/aromatic N) is 2. The molecule has 106 valence electrons. The number of ether oxygens (including phenoxy) is 1. The highest BCUT2D eigenvalue weighted by Gasteiger charge is 2.23. The first-order valence-corrected chi connectivity index (χ1v) is 7.21. The maximum Gasteiger partial charge on any atom is 0.134 e. The van der Waals surface area contributed by atoms with Gasteiger partial charge in [0.05, 0.1) is 5.69 Å². The van der Waals surface area contributed by atoms with E-state index in [-0.39, 0.29) is 5.41 Å². The third-order valence-electron chi connectivity index (χ3n) is 3.46. The normalized spacial score (nSPS) is 17.5. The van der Waals surface area contributed by atoms with Crippen LogP contribution in [0.3, 0.4) is 0 Å². The lowest BCUT2D eigenvalue weighted by molar-refractivity contribution is 0.0835. The summed E-state index contributed by atoms with van der Waals surface area (Å²) >= 11 is 0. The monoisotopic (exact) mass is 263 g/mol. The highest BCUT2D eigenvalue weighted by atomic mass is 16.5. The molecule has 2 rings (SSSR count). The molecule has 1 aromatic rings. The van der Waals surface area contributed by atoms with Crippen molar-refractivity contribution in [1.82, 2.24) is 9.97 Å². The molecule has 0 spiro atoms. The van der Waals surface area contributed by atoms with Crippen molar-refractivity contribution < 1.29 is 4.74 Å². The molecule has 1 aliphatic heterocycles. The summed E-state index contributed by atoms with van der Waals surface area (Å²) in [5.74, 6) is 2.36. The summed E-state index contributed by atoms with van der Waals surface area (Å²) in [6.45, 7) is 11.2. The van der Waals surface area contributed by atoms with Gasteiger partial charge in [0.1, 0.15) is 11.6 Å². The highest BCUT2D eigenvalue weighted by Crippen LogP contribution is 2.28. The highest BCUT2D eigenvalue weighted by molar-refractivity contribution is 5.38. The first-order chi connectivity index (χ1) is 9.00. The van der Waals surface area contributed by atoms with Crippen molar-refractivity contribution in [2.75, 3.05) is 25.1 Å². The fraction of sp³-hybridized carbons (Fsp3) is 0.733. The van der Waals surface area contributed by atoms with Crippen LogP contribution in [0, 0.1) is 0 Å². The van der Waals surface area contributed by atoms with Crippen molar-refractivity contribution in [3.8, 4) is 0 Å². The predicted molar refractivity (Wildman–Crippen MR) is 77.7 cm³/mol. The van der Waals surface area contributed by atoms with Crippen LogP contribution in [0.2, 0.25) is 0 Å². The van der Waals surface area contributed by atoms with Gasteiger partial charge in [0.15, 0.2) is 0 Å². The quantitative estimate of drug-likeness (QED) is 0.910. The van der Waals surface area contributed by atoms with Crippen molar-refractivity contribution in [2.45, 2.75) is 51.9 Å². The van der Waals surface area contributed by atoms with Gasteiger partial charge in [-0.3, -0.25) is 0 Å². The molecule has 0 unspecified atom stereocenters. The van der Waals surface area contributed by atoms with Gasteiger partial charge in [-0.25, -0.2) is 9.97 Å². The van der Waals surface area contributed by atoms with Crippen LogP contribution < -0.4 is 5.32 Å². The molecule has 1 saturated heterocycles. The summed E-state index contributed by atoms with van der Waals surface area (Å²) < 4.78 is 5.43. The van der Waals surface area contributed by atoms with Crippen LogP contribution in [0.5, 0.6) is 0 Å². The fourth-order valence-electron chi connectivity index (χ4n) is 2.26. The molecule has 0 radical (unpaired) electrons. The minimum atomic E-state index is 0.0486. The van der Waals surface area contributed by atoms with E-state index >= 15 is 0 Å². The van der Waals surface area contributed by atoms with Gasteiger partial charge >= 0.3 is 0 Å². The average molecular weight is 263 g/mol. The molecule has 0 amide bonds. The minimum absolute atomic E-state index is 0.0486. The number of aromatic nitrogens is 2. The molecule has 0 saturated carbocycles. The van der Waals surface area contributed by atoms with Crippen molar-refractivity contribution in [3.63, 3.8) is 0 Å². The van der Waals surface area contributed by atoms with E-state index < -0.39 is 0 Å². The maximum atomic E-state index is 5.43. The Bertz CT molecular complexity index is 420. The average Bonchev–Trinajstić information content (AvgIpc) is 2.39. The van der Waals surface area contributed by atoms with Crippen molar-refractivity contribution in [3.05, 3.63) is 17.6 Å². The molecular weight excluding hydrogens is 238 g/mol. The van der Waals surface area contributed by atoms with E-state index in [0.717, 1.165) is 49.9 Å². The Balaban J connectivity index is 2.33. The Morgan fingerprint density at radius 1 is 1.26 bits per heavy atom. The topological polar surface area (TPSA) is 47.0 Å². The maximum absolute atomic E-state index is 5.43. The summed E-state index contributed by atoms with van der Waals surface area (Å²) in [6.07, 6.45) is 2.05. The SMILES string of the molecule is CCNc1cc(C(C)(C)C)nc(C2CCOCC2)n1. The molecular formula is C15H25N3O. The van der Waals surface area contributed by atoms with Crippen LogP contribution in [-0.2, 0) is 10.2 Å². The second-order valence-electron chi connectivity index (χ2n) is 6.16. The molecule has 0 aromatic carbocycles. The molecule has 0 bridgehead atoms. The fourth-order valence-corrected chi connectivity index (χ4v) is 2.26. The van der Waals surface area contributed by atoms with Gasteiger partial charge in [-0.15, -0.1) is 0 Å². The molecule has 0 atom stereocenters. The van der Waals surface area contributed by atoms with Crippen molar-refractivity contribution in [2.24, 2.45) is 0 Å². The van der Waals surface area contributed by atoms with Gasteiger partial charge in [-0.1, -0.05) is 20.8 Å². The van der Waals surface area contributed by atoms with Crippen LogP contribution in [-0.4, -0.2) is 29.7 Å². The van der Waals surface area contributed by atoms with E-state index in [1.807, 2.05) is 0 Å².